The molecule has 0 spiro atoms. The van der Waals surface area contributed by atoms with Gasteiger partial charge in [0, 0.05) is 35.8 Å². The summed E-state index contributed by atoms with van der Waals surface area (Å²) in [5.41, 5.74) is 1.30. The fourth-order valence-electron chi connectivity index (χ4n) is 2.89. The van der Waals surface area contributed by atoms with Gasteiger partial charge in [-0.1, -0.05) is 13.3 Å². The van der Waals surface area contributed by atoms with Gasteiger partial charge in [0.1, 0.15) is 18.1 Å². The number of rotatable bonds is 14. The Kier molecular flexibility index (Phi) is 10.5. The van der Waals surface area contributed by atoms with Gasteiger partial charge in [-0.2, -0.15) is 0 Å². The van der Waals surface area contributed by atoms with Crippen molar-refractivity contribution in [3.63, 3.8) is 0 Å². The maximum Gasteiger partial charge on any atom is 0.280 e. The standard InChI is InChI=1S/C21H25Cl2N3O6/c1-2-3-7-31-20-9-17(13-23)21(10-16(20)12-22)32-8-6-24-14-15-4-5-18(25(27)28)11-19(15)26(29)30/h4-5,9-11,24H,2-3,6-8,12-14H2,1H3. The molecule has 2 aromatic carbocycles. The van der Waals surface area contributed by atoms with Crippen LogP contribution in [0.5, 0.6) is 11.5 Å². The van der Waals surface area contributed by atoms with Gasteiger partial charge in [0.05, 0.1) is 34.3 Å². The average molecular weight is 486 g/mol. The molecule has 0 aromatic heterocycles. The van der Waals surface area contributed by atoms with Crippen molar-refractivity contribution < 1.29 is 19.3 Å². The maximum atomic E-state index is 11.2. The van der Waals surface area contributed by atoms with Crippen LogP contribution in [-0.4, -0.2) is 29.6 Å². The Morgan fingerprint density at radius 1 is 0.906 bits per heavy atom. The molecule has 0 aliphatic heterocycles. The van der Waals surface area contributed by atoms with Gasteiger partial charge in [-0.25, -0.2) is 0 Å². The summed E-state index contributed by atoms with van der Waals surface area (Å²) in [4.78, 5) is 20.7. The van der Waals surface area contributed by atoms with Crippen molar-refractivity contribution in [2.45, 2.75) is 38.1 Å². The first-order valence-electron chi connectivity index (χ1n) is 10.1. The van der Waals surface area contributed by atoms with E-state index < -0.39 is 9.85 Å². The SMILES string of the molecule is CCCCOc1cc(CCl)c(OCCNCc2ccc([N+](=O)[O-])cc2[N+](=O)[O-])cc1CCl. The van der Waals surface area contributed by atoms with Gasteiger partial charge in [-0.3, -0.25) is 20.2 Å². The average Bonchev–Trinajstić information content (AvgIpc) is 2.78. The first kappa shape index (κ1) is 25.6. The van der Waals surface area contributed by atoms with E-state index in [0.717, 1.165) is 30.0 Å². The van der Waals surface area contributed by atoms with Crippen LogP contribution < -0.4 is 14.8 Å². The summed E-state index contributed by atoms with van der Waals surface area (Å²) < 4.78 is 11.6. The molecule has 0 unspecified atom stereocenters. The highest BCUT2D eigenvalue weighted by atomic mass is 35.5. The molecule has 0 aliphatic carbocycles. The number of nitro benzene ring substituents is 2. The number of unbranched alkanes of at least 4 members (excludes halogenated alkanes) is 1. The smallest absolute Gasteiger partial charge is 0.280 e. The monoisotopic (exact) mass is 485 g/mol. The molecule has 11 heteroatoms. The van der Waals surface area contributed by atoms with E-state index in [1.54, 1.807) is 0 Å². The van der Waals surface area contributed by atoms with E-state index in [-0.39, 0.29) is 36.3 Å². The highest BCUT2D eigenvalue weighted by molar-refractivity contribution is 6.18. The predicted octanol–water partition coefficient (Wildman–Crippen LogP) is 5.33. The number of halogens is 2. The first-order valence-corrected chi connectivity index (χ1v) is 11.1. The number of hydrogen-bond donors (Lipinski definition) is 1. The molecule has 0 saturated carbocycles. The summed E-state index contributed by atoms with van der Waals surface area (Å²) in [5.74, 6) is 1.80. The number of non-ortho nitro benzene ring substituents is 1. The zero-order chi connectivity index (χ0) is 23.5. The Morgan fingerprint density at radius 2 is 1.53 bits per heavy atom. The zero-order valence-corrected chi connectivity index (χ0v) is 19.2. The van der Waals surface area contributed by atoms with Crippen LogP contribution in [0.4, 0.5) is 11.4 Å². The van der Waals surface area contributed by atoms with Crippen LogP contribution in [0.2, 0.25) is 0 Å². The summed E-state index contributed by atoms with van der Waals surface area (Å²) in [5, 5.41) is 25.1. The molecule has 0 aliphatic rings. The van der Waals surface area contributed by atoms with Gasteiger partial charge in [0.15, 0.2) is 0 Å². The molecule has 174 valence electrons. The Bertz CT molecular complexity index is 942. The van der Waals surface area contributed by atoms with E-state index in [9.17, 15) is 20.2 Å². The molecule has 0 saturated heterocycles. The molecule has 2 rings (SSSR count). The normalized spacial score (nSPS) is 10.7. The third-order valence-corrected chi connectivity index (χ3v) is 5.19. The van der Waals surface area contributed by atoms with Crippen LogP contribution in [0.1, 0.15) is 36.5 Å². The first-order chi connectivity index (χ1) is 15.4. The molecule has 0 amide bonds. The number of hydrogen-bond acceptors (Lipinski definition) is 7. The number of ether oxygens (including phenoxy) is 2. The largest absolute Gasteiger partial charge is 0.493 e. The molecular formula is C21H25Cl2N3O6. The van der Waals surface area contributed by atoms with E-state index in [4.69, 9.17) is 32.7 Å². The third kappa shape index (κ3) is 7.22. The van der Waals surface area contributed by atoms with Crippen molar-refractivity contribution in [2.75, 3.05) is 19.8 Å². The second-order valence-electron chi connectivity index (χ2n) is 6.89. The van der Waals surface area contributed by atoms with Gasteiger partial charge in [0.2, 0.25) is 0 Å². The molecule has 2 aromatic rings. The van der Waals surface area contributed by atoms with Crippen LogP contribution in [0.15, 0.2) is 30.3 Å². The fraction of sp³-hybridized carbons (Fsp3) is 0.429. The van der Waals surface area contributed by atoms with Crippen molar-refractivity contribution >= 4 is 34.6 Å². The minimum Gasteiger partial charge on any atom is -0.493 e. The van der Waals surface area contributed by atoms with E-state index >= 15 is 0 Å². The van der Waals surface area contributed by atoms with Crippen molar-refractivity contribution in [2.24, 2.45) is 0 Å². The number of benzene rings is 2. The fourth-order valence-corrected chi connectivity index (χ4v) is 3.31. The van der Waals surface area contributed by atoms with Crippen molar-refractivity contribution in [3.05, 3.63) is 67.3 Å². The minimum atomic E-state index is -0.665. The van der Waals surface area contributed by atoms with Crippen molar-refractivity contribution in [1.82, 2.24) is 5.32 Å². The van der Waals surface area contributed by atoms with Gasteiger partial charge in [0.25, 0.3) is 11.4 Å². The van der Waals surface area contributed by atoms with Crippen molar-refractivity contribution in [3.8, 4) is 11.5 Å². The van der Waals surface area contributed by atoms with Crippen LogP contribution in [0.25, 0.3) is 0 Å². The van der Waals surface area contributed by atoms with Gasteiger partial charge in [-0.15, -0.1) is 23.2 Å². The molecule has 32 heavy (non-hydrogen) atoms. The predicted molar refractivity (Wildman–Crippen MR) is 123 cm³/mol. The zero-order valence-electron chi connectivity index (χ0n) is 17.6. The Morgan fingerprint density at radius 3 is 2.06 bits per heavy atom. The van der Waals surface area contributed by atoms with Crippen LogP contribution in [0.3, 0.4) is 0 Å². The topological polar surface area (TPSA) is 117 Å². The van der Waals surface area contributed by atoms with Crippen molar-refractivity contribution in [1.29, 1.82) is 0 Å². The molecule has 0 fully saturated rings. The molecule has 0 radical (unpaired) electrons. The Balaban J connectivity index is 1.96. The third-order valence-electron chi connectivity index (χ3n) is 4.62. The quantitative estimate of drug-likeness (QED) is 0.166. The highest BCUT2D eigenvalue weighted by Gasteiger charge is 2.19. The van der Waals surface area contributed by atoms with E-state index in [1.165, 1.54) is 12.1 Å². The number of nitrogens with zero attached hydrogens (tertiary/aromatic N) is 2. The van der Waals surface area contributed by atoms with Crippen LogP contribution in [0, 0.1) is 20.2 Å². The van der Waals surface area contributed by atoms with Crippen LogP contribution in [-0.2, 0) is 18.3 Å². The van der Waals surface area contributed by atoms with E-state index in [1.807, 2.05) is 12.1 Å². The molecular weight excluding hydrogens is 461 g/mol. The summed E-state index contributed by atoms with van der Waals surface area (Å²) in [6.45, 7) is 3.52. The van der Waals surface area contributed by atoms with Gasteiger partial charge >= 0.3 is 0 Å². The summed E-state index contributed by atoms with van der Waals surface area (Å²) in [6.07, 6.45) is 1.96. The lowest BCUT2D eigenvalue weighted by Gasteiger charge is -2.16. The Hall–Kier alpha value is -2.62. The number of nitro groups is 2. The van der Waals surface area contributed by atoms with E-state index in [2.05, 4.69) is 12.2 Å². The second-order valence-corrected chi connectivity index (χ2v) is 7.42. The number of nitrogens with one attached hydrogen (secondary N) is 1. The second kappa shape index (κ2) is 13.0. The summed E-state index contributed by atoms with van der Waals surface area (Å²) >= 11 is 12.1. The van der Waals surface area contributed by atoms with Gasteiger partial charge < -0.3 is 14.8 Å². The lowest BCUT2D eigenvalue weighted by Crippen LogP contribution is -2.21. The lowest BCUT2D eigenvalue weighted by atomic mass is 10.1. The Labute approximate surface area is 195 Å². The maximum absolute atomic E-state index is 11.2. The molecule has 1 N–H and O–H groups in total. The highest BCUT2D eigenvalue weighted by Crippen LogP contribution is 2.31. The molecule has 0 atom stereocenters. The minimum absolute atomic E-state index is 0.164. The lowest BCUT2D eigenvalue weighted by molar-refractivity contribution is -0.394. The molecule has 0 bridgehead atoms. The summed E-state index contributed by atoms with van der Waals surface area (Å²) in [7, 11) is 0. The van der Waals surface area contributed by atoms with Crippen LogP contribution >= 0.6 is 23.2 Å². The summed E-state index contributed by atoms with van der Waals surface area (Å²) in [6, 6.07) is 7.22. The molecule has 9 nitrogen and oxygen atoms in total. The van der Waals surface area contributed by atoms with Gasteiger partial charge in [-0.05, 0) is 24.6 Å². The number of alkyl halides is 2. The van der Waals surface area contributed by atoms with E-state index in [0.29, 0.717) is 30.2 Å². The molecule has 0 heterocycles.